The fourth-order valence-electron chi connectivity index (χ4n) is 4.00. The summed E-state index contributed by atoms with van der Waals surface area (Å²) < 4.78 is 23.3. The minimum atomic E-state index is -3.21. The van der Waals surface area contributed by atoms with Gasteiger partial charge in [-0.1, -0.05) is 30.3 Å². The van der Waals surface area contributed by atoms with E-state index >= 15 is 0 Å². The third kappa shape index (κ3) is 5.49. The van der Waals surface area contributed by atoms with Crippen LogP contribution in [-0.2, 0) is 27.5 Å². The number of carbonyl (C=O) groups excluding carboxylic acids is 1. The van der Waals surface area contributed by atoms with Crippen molar-refractivity contribution in [2.45, 2.75) is 56.5 Å². The van der Waals surface area contributed by atoms with Gasteiger partial charge in [0.05, 0.1) is 17.5 Å². The van der Waals surface area contributed by atoms with E-state index in [9.17, 15) is 13.2 Å². The summed E-state index contributed by atoms with van der Waals surface area (Å²) in [6.45, 7) is 4.30. The fourth-order valence-corrected chi connectivity index (χ4v) is 4.64. The van der Waals surface area contributed by atoms with Gasteiger partial charge in [0.25, 0.3) is 0 Å². The summed E-state index contributed by atoms with van der Waals surface area (Å²) in [7, 11) is -1.31. The van der Waals surface area contributed by atoms with Gasteiger partial charge in [-0.2, -0.15) is 0 Å². The quantitative estimate of drug-likeness (QED) is 0.728. The summed E-state index contributed by atoms with van der Waals surface area (Å²) in [6, 6.07) is 13.4. The van der Waals surface area contributed by atoms with Crippen LogP contribution in [0.5, 0.6) is 0 Å². The SMILES string of the molecule is CC(NC(=O)CN(C)C(C)c1ccc(S(C)(=O)=O)cc1)c1ccc2c(c1)CCCC2. The van der Waals surface area contributed by atoms with E-state index < -0.39 is 9.84 Å². The molecule has 0 spiro atoms. The predicted octanol–water partition coefficient (Wildman–Crippen LogP) is 3.84. The van der Waals surface area contributed by atoms with Crippen LogP contribution in [0.25, 0.3) is 0 Å². The normalized spacial score (nSPS) is 16.0. The molecular formula is C24H32N2O3S. The lowest BCUT2D eigenvalue weighted by Gasteiger charge is -2.26. The maximum absolute atomic E-state index is 12.6. The number of aryl methyl sites for hydroxylation is 2. The van der Waals surface area contributed by atoms with Gasteiger partial charge in [-0.3, -0.25) is 9.69 Å². The van der Waals surface area contributed by atoms with Crippen molar-refractivity contribution in [1.82, 2.24) is 10.2 Å². The molecule has 0 aromatic heterocycles. The van der Waals surface area contributed by atoms with Crippen molar-refractivity contribution in [3.05, 3.63) is 64.7 Å². The van der Waals surface area contributed by atoms with Gasteiger partial charge in [-0.15, -0.1) is 0 Å². The van der Waals surface area contributed by atoms with Crippen LogP contribution in [-0.4, -0.2) is 39.1 Å². The molecule has 1 aliphatic carbocycles. The molecule has 0 heterocycles. The van der Waals surface area contributed by atoms with Gasteiger partial charge in [-0.25, -0.2) is 8.42 Å². The van der Waals surface area contributed by atoms with E-state index in [4.69, 9.17) is 0 Å². The van der Waals surface area contributed by atoms with E-state index in [2.05, 4.69) is 23.5 Å². The number of nitrogens with zero attached hydrogens (tertiary/aromatic N) is 1. The zero-order valence-corrected chi connectivity index (χ0v) is 19.1. The lowest BCUT2D eigenvalue weighted by atomic mass is 9.89. The predicted molar refractivity (Wildman–Crippen MR) is 120 cm³/mol. The number of likely N-dealkylation sites (N-methyl/N-ethyl adjacent to an activating group) is 1. The van der Waals surface area contributed by atoms with Crippen molar-refractivity contribution in [3.8, 4) is 0 Å². The molecule has 1 aliphatic rings. The second-order valence-electron chi connectivity index (χ2n) is 8.46. The van der Waals surface area contributed by atoms with E-state index in [-0.39, 0.29) is 24.5 Å². The van der Waals surface area contributed by atoms with Gasteiger partial charge < -0.3 is 5.32 Å². The van der Waals surface area contributed by atoms with Gasteiger partial charge in [0.2, 0.25) is 5.91 Å². The number of hydrogen-bond acceptors (Lipinski definition) is 4. The summed E-state index contributed by atoms with van der Waals surface area (Å²) >= 11 is 0. The Hall–Kier alpha value is -2.18. The van der Waals surface area contributed by atoms with Crippen molar-refractivity contribution < 1.29 is 13.2 Å². The minimum Gasteiger partial charge on any atom is -0.348 e. The summed E-state index contributed by atoms with van der Waals surface area (Å²) in [5.41, 5.74) is 4.98. The van der Waals surface area contributed by atoms with Crippen LogP contribution < -0.4 is 5.32 Å². The summed E-state index contributed by atoms with van der Waals surface area (Å²) in [4.78, 5) is 14.9. The Kier molecular flexibility index (Phi) is 6.98. The van der Waals surface area contributed by atoms with Gasteiger partial charge in [0.1, 0.15) is 0 Å². The Morgan fingerprint density at radius 1 is 1.00 bits per heavy atom. The Balaban J connectivity index is 1.58. The summed E-state index contributed by atoms with van der Waals surface area (Å²) in [6.07, 6.45) is 5.99. The van der Waals surface area contributed by atoms with Crippen LogP contribution in [0.2, 0.25) is 0 Å². The summed E-state index contributed by atoms with van der Waals surface area (Å²) in [5.74, 6) is -0.0256. The van der Waals surface area contributed by atoms with E-state index in [1.807, 2.05) is 37.9 Å². The average molecular weight is 429 g/mol. The molecule has 0 saturated heterocycles. The molecule has 2 aromatic carbocycles. The van der Waals surface area contributed by atoms with Crippen molar-refractivity contribution >= 4 is 15.7 Å². The van der Waals surface area contributed by atoms with E-state index in [1.54, 1.807) is 12.1 Å². The lowest BCUT2D eigenvalue weighted by molar-refractivity contribution is -0.123. The number of rotatable bonds is 7. The van der Waals surface area contributed by atoms with Crippen molar-refractivity contribution in [1.29, 1.82) is 0 Å². The van der Waals surface area contributed by atoms with Crippen molar-refractivity contribution in [3.63, 3.8) is 0 Å². The maximum atomic E-state index is 12.6. The summed E-state index contributed by atoms with van der Waals surface area (Å²) in [5, 5.41) is 3.11. The molecule has 5 nitrogen and oxygen atoms in total. The molecule has 1 N–H and O–H groups in total. The first-order valence-corrected chi connectivity index (χ1v) is 12.5. The number of carbonyl (C=O) groups is 1. The van der Waals surface area contributed by atoms with Crippen molar-refractivity contribution in [2.24, 2.45) is 0 Å². The number of sulfone groups is 1. The average Bonchev–Trinajstić information content (AvgIpc) is 2.72. The molecule has 3 rings (SSSR count). The van der Waals surface area contributed by atoms with Crippen LogP contribution in [0.3, 0.4) is 0 Å². The molecule has 162 valence electrons. The number of benzene rings is 2. The second kappa shape index (κ2) is 9.31. The Labute approximate surface area is 180 Å². The zero-order valence-electron chi connectivity index (χ0n) is 18.3. The van der Waals surface area contributed by atoms with E-state index in [0.717, 1.165) is 24.0 Å². The number of hydrogen-bond donors (Lipinski definition) is 1. The molecule has 0 saturated carbocycles. The Morgan fingerprint density at radius 3 is 2.23 bits per heavy atom. The first-order valence-electron chi connectivity index (χ1n) is 10.6. The number of amides is 1. The van der Waals surface area contributed by atoms with Gasteiger partial charge >= 0.3 is 0 Å². The van der Waals surface area contributed by atoms with Crippen LogP contribution in [0.15, 0.2) is 47.4 Å². The minimum absolute atomic E-state index is 0.0107. The topological polar surface area (TPSA) is 66.5 Å². The molecule has 2 atom stereocenters. The Bertz CT molecular complexity index is 1000. The zero-order chi connectivity index (χ0) is 21.9. The molecule has 2 aromatic rings. The lowest BCUT2D eigenvalue weighted by Crippen LogP contribution is -2.37. The second-order valence-corrected chi connectivity index (χ2v) is 10.5. The molecule has 0 aliphatic heterocycles. The number of fused-ring (bicyclic) bond motifs is 1. The molecule has 6 heteroatoms. The monoisotopic (exact) mass is 428 g/mol. The fraction of sp³-hybridized carbons (Fsp3) is 0.458. The highest BCUT2D eigenvalue weighted by atomic mass is 32.2. The van der Waals surface area contributed by atoms with E-state index in [1.165, 1.54) is 30.2 Å². The highest BCUT2D eigenvalue weighted by molar-refractivity contribution is 7.90. The highest BCUT2D eigenvalue weighted by Gasteiger charge is 2.18. The van der Waals surface area contributed by atoms with Crippen LogP contribution in [0, 0.1) is 0 Å². The third-order valence-electron chi connectivity index (χ3n) is 6.09. The molecule has 0 bridgehead atoms. The molecule has 2 unspecified atom stereocenters. The first-order chi connectivity index (χ1) is 14.1. The smallest absolute Gasteiger partial charge is 0.234 e. The molecule has 0 fully saturated rings. The van der Waals surface area contributed by atoms with Gasteiger partial charge in [0, 0.05) is 12.3 Å². The third-order valence-corrected chi connectivity index (χ3v) is 7.22. The largest absolute Gasteiger partial charge is 0.348 e. The molecule has 30 heavy (non-hydrogen) atoms. The highest BCUT2D eigenvalue weighted by Crippen LogP contribution is 2.25. The van der Waals surface area contributed by atoms with Crippen molar-refractivity contribution in [2.75, 3.05) is 19.8 Å². The molecule has 0 radical (unpaired) electrons. The van der Waals surface area contributed by atoms with Gasteiger partial charge in [-0.05, 0) is 81.0 Å². The number of nitrogens with one attached hydrogen (secondary N) is 1. The first kappa shape index (κ1) is 22.5. The van der Waals surface area contributed by atoms with Crippen LogP contribution in [0.1, 0.15) is 61.0 Å². The molecular weight excluding hydrogens is 396 g/mol. The Morgan fingerprint density at radius 2 is 1.60 bits per heavy atom. The van der Waals surface area contributed by atoms with Gasteiger partial charge in [0.15, 0.2) is 9.84 Å². The van der Waals surface area contributed by atoms with E-state index in [0.29, 0.717) is 4.90 Å². The van der Waals surface area contributed by atoms with Crippen LogP contribution in [0.4, 0.5) is 0 Å². The molecule has 1 amide bonds. The maximum Gasteiger partial charge on any atom is 0.234 e. The standard InChI is InChI=1S/C24H32N2O3S/c1-17(21-10-9-20-7-5-6-8-22(20)15-21)25-24(27)16-26(3)18(2)19-11-13-23(14-12-19)30(4,28)29/h9-15,17-18H,5-8,16H2,1-4H3,(H,25,27). The van der Waals surface area contributed by atoms with Crippen LogP contribution >= 0.6 is 0 Å².